The molecule has 18 heavy (non-hydrogen) atoms. The Morgan fingerprint density at radius 2 is 2.00 bits per heavy atom. The van der Waals surface area contributed by atoms with E-state index in [4.69, 9.17) is 9.84 Å². The lowest BCUT2D eigenvalue weighted by Crippen LogP contribution is -2.42. The van der Waals surface area contributed by atoms with Gasteiger partial charge in [0.05, 0.1) is 12.7 Å². The number of aliphatic hydroxyl groups excluding tert-OH is 1. The molecule has 1 saturated heterocycles. The maximum Gasteiger partial charge on any atom is 0.0586 e. The molecule has 0 amide bonds. The zero-order chi connectivity index (χ0) is 12.8. The van der Waals surface area contributed by atoms with Crippen molar-refractivity contribution >= 4 is 0 Å². The topological polar surface area (TPSA) is 35.9 Å². The van der Waals surface area contributed by atoms with Gasteiger partial charge in [-0.05, 0) is 45.2 Å². The molecule has 0 spiro atoms. The van der Waals surface area contributed by atoms with Gasteiger partial charge in [-0.3, -0.25) is 9.80 Å². The number of aliphatic hydroxyl groups is 1. The van der Waals surface area contributed by atoms with Crippen LogP contribution in [0.2, 0.25) is 0 Å². The van der Waals surface area contributed by atoms with Gasteiger partial charge in [0.15, 0.2) is 0 Å². The third kappa shape index (κ3) is 3.92. The molecular weight excluding hydrogens is 228 g/mol. The second kappa shape index (κ2) is 7.43. The molecule has 1 aliphatic carbocycles. The van der Waals surface area contributed by atoms with Crippen molar-refractivity contribution in [3.63, 3.8) is 0 Å². The Labute approximate surface area is 111 Å². The third-order valence-electron chi connectivity index (χ3n) is 4.49. The number of hydrogen-bond donors (Lipinski definition) is 1. The number of rotatable bonds is 4. The van der Waals surface area contributed by atoms with E-state index in [9.17, 15) is 0 Å². The number of hydrogen-bond acceptors (Lipinski definition) is 4. The lowest BCUT2D eigenvalue weighted by molar-refractivity contribution is 0.0288. The van der Waals surface area contributed by atoms with Crippen LogP contribution in [0.5, 0.6) is 0 Å². The predicted molar refractivity (Wildman–Crippen MR) is 72.8 cm³/mol. The van der Waals surface area contributed by atoms with Crippen molar-refractivity contribution in [3.05, 3.63) is 0 Å². The Kier molecular flexibility index (Phi) is 5.89. The van der Waals surface area contributed by atoms with Gasteiger partial charge in [-0.1, -0.05) is 0 Å². The van der Waals surface area contributed by atoms with Gasteiger partial charge < -0.3 is 9.84 Å². The fourth-order valence-electron chi connectivity index (χ4n) is 3.39. The predicted octanol–water partition coefficient (Wildman–Crippen LogP) is 0.944. The Hall–Kier alpha value is -0.160. The van der Waals surface area contributed by atoms with Gasteiger partial charge >= 0.3 is 0 Å². The van der Waals surface area contributed by atoms with Gasteiger partial charge in [0.2, 0.25) is 0 Å². The first-order valence-electron chi connectivity index (χ1n) is 7.43. The Morgan fingerprint density at radius 1 is 1.11 bits per heavy atom. The molecule has 4 nitrogen and oxygen atoms in total. The summed E-state index contributed by atoms with van der Waals surface area (Å²) < 4.78 is 5.53. The van der Waals surface area contributed by atoms with Crippen molar-refractivity contribution in [1.29, 1.82) is 0 Å². The molecule has 0 aromatic carbocycles. The lowest BCUT2D eigenvalue weighted by Gasteiger charge is -2.36. The van der Waals surface area contributed by atoms with E-state index in [0.717, 1.165) is 32.2 Å². The van der Waals surface area contributed by atoms with Crippen LogP contribution in [0, 0.1) is 0 Å². The van der Waals surface area contributed by atoms with E-state index in [-0.39, 0.29) is 6.61 Å². The van der Waals surface area contributed by atoms with E-state index in [1.54, 1.807) is 0 Å². The summed E-state index contributed by atoms with van der Waals surface area (Å²) in [4.78, 5) is 5.04. The molecule has 1 heterocycles. The number of nitrogens with zero attached hydrogens (tertiary/aromatic N) is 2. The minimum absolute atomic E-state index is 0.287. The van der Waals surface area contributed by atoms with Gasteiger partial charge in [0, 0.05) is 32.8 Å². The Balaban J connectivity index is 1.81. The normalized spacial score (nSPS) is 32.3. The fraction of sp³-hybridized carbons (Fsp3) is 1.00. The van der Waals surface area contributed by atoms with E-state index in [1.165, 1.54) is 38.6 Å². The van der Waals surface area contributed by atoms with E-state index in [2.05, 4.69) is 9.80 Å². The molecule has 0 aromatic rings. The highest BCUT2D eigenvalue weighted by Crippen LogP contribution is 2.25. The molecule has 2 aliphatic rings. The van der Waals surface area contributed by atoms with Crippen molar-refractivity contribution in [1.82, 2.24) is 9.80 Å². The van der Waals surface area contributed by atoms with Crippen LogP contribution in [-0.2, 0) is 4.74 Å². The van der Waals surface area contributed by atoms with E-state index >= 15 is 0 Å². The van der Waals surface area contributed by atoms with Crippen LogP contribution in [0.3, 0.4) is 0 Å². The number of ether oxygens (including phenoxy) is 1. The van der Waals surface area contributed by atoms with Crippen LogP contribution >= 0.6 is 0 Å². The van der Waals surface area contributed by atoms with Crippen LogP contribution in [0.1, 0.15) is 32.1 Å². The molecule has 1 aliphatic heterocycles. The molecule has 0 bridgehead atoms. The Bertz CT molecular complexity index is 238. The number of β-amino-alcohol motifs (C(OH)–C–C–N with tert-alkyl or cyclic N) is 1. The molecule has 106 valence electrons. The second-order valence-electron chi connectivity index (χ2n) is 5.63. The summed E-state index contributed by atoms with van der Waals surface area (Å²) in [6, 6.07) is 0.720. The fourth-order valence-corrected chi connectivity index (χ4v) is 3.39. The SMILES string of the molecule is COC1CCCC(N2CCCN(CCO)CC2)C1. The highest BCUT2D eigenvalue weighted by Gasteiger charge is 2.27. The zero-order valence-corrected chi connectivity index (χ0v) is 11.7. The van der Waals surface area contributed by atoms with E-state index < -0.39 is 0 Å². The standard InChI is InChI=1S/C14H28N2O2/c1-18-14-5-2-4-13(12-14)16-7-3-6-15(8-9-16)10-11-17/h13-14,17H,2-12H2,1H3. The smallest absolute Gasteiger partial charge is 0.0586 e. The van der Waals surface area contributed by atoms with Crippen LogP contribution in [0.15, 0.2) is 0 Å². The average molecular weight is 256 g/mol. The van der Waals surface area contributed by atoms with Gasteiger partial charge in [0.25, 0.3) is 0 Å². The summed E-state index contributed by atoms with van der Waals surface area (Å²) in [6.07, 6.45) is 6.78. The summed E-state index contributed by atoms with van der Waals surface area (Å²) in [5, 5.41) is 9.02. The first kappa shape index (κ1) is 14.3. The van der Waals surface area contributed by atoms with Gasteiger partial charge in [-0.2, -0.15) is 0 Å². The molecule has 1 N–H and O–H groups in total. The lowest BCUT2D eigenvalue weighted by atomic mass is 9.91. The molecule has 2 unspecified atom stereocenters. The minimum atomic E-state index is 0.287. The highest BCUT2D eigenvalue weighted by molar-refractivity contribution is 4.83. The highest BCUT2D eigenvalue weighted by atomic mass is 16.5. The van der Waals surface area contributed by atoms with Gasteiger partial charge in [-0.15, -0.1) is 0 Å². The molecular formula is C14H28N2O2. The molecule has 2 fully saturated rings. The summed E-state index contributed by atoms with van der Waals surface area (Å²) in [5.41, 5.74) is 0. The van der Waals surface area contributed by atoms with E-state index in [1.807, 2.05) is 7.11 Å². The summed E-state index contributed by atoms with van der Waals surface area (Å²) >= 11 is 0. The van der Waals surface area contributed by atoms with Gasteiger partial charge in [0.1, 0.15) is 0 Å². The molecule has 2 atom stereocenters. The maximum absolute atomic E-state index is 9.02. The van der Waals surface area contributed by atoms with Crippen molar-refractivity contribution in [3.8, 4) is 0 Å². The summed E-state index contributed by atoms with van der Waals surface area (Å²) in [6.45, 7) is 5.73. The minimum Gasteiger partial charge on any atom is -0.395 e. The number of methoxy groups -OCH3 is 1. The summed E-state index contributed by atoms with van der Waals surface area (Å²) in [5.74, 6) is 0. The monoisotopic (exact) mass is 256 g/mol. The molecule has 0 radical (unpaired) electrons. The largest absolute Gasteiger partial charge is 0.395 e. The average Bonchev–Trinajstić information content (AvgIpc) is 2.65. The third-order valence-corrected chi connectivity index (χ3v) is 4.49. The van der Waals surface area contributed by atoms with Gasteiger partial charge in [-0.25, -0.2) is 0 Å². The Morgan fingerprint density at radius 3 is 2.78 bits per heavy atom. The second-order valence-corrected chi connectivity index (χ2v) is 5.63. The van der Waals surface area contributed by atoms with Crippen molar-refractivity contribution in [2.45, 2.75) is 44.2 Å². The quantitative estimate of drug-likeness (QED) is 0.812. The van der Waals surface area contributed by atoms with Crippen LogP contribution in [0.4, 0.5) is 0 Å². The van der Waals surface area contributed by atoms with Crippen molar-refractivity contribution in [2.24, 2.45) is 0 Å². The van der Waals surface area contributed by atoms with Crippen LogP contribution in [0.25, 0.3) is 0 Å². The summed E-state index contributed by atoms with van der Waals surface area (Å²) in [7, 11) is 1.85. The first-order chi connectivity index (χ1) is 8.83. The van der Waals surface area contributed by atoms with Crippen molar-refractivity contribution < 1.29 is 9.84 Å². The van der Waals surface area contributed by atoms with Crippen LogP contribution < -0.4 is 0 Å². The first-order valence-corrected chi connectivity index (χ1v) is 7.43. The zero-order valence-electron chi connectivity index (χ0n) is 11.7. The van der Waals surface area contributed by atoms with Crippen LogP contribution in [-0.4, -0.2) is 73.5 Å². The van der Waals surface area contributed by atoms with E-state index in [0.29, 0.717) is 6.10 Å². The maximum atomic E-state index is 9.02. The molecule has 2 rings (SSSR count). The van der Waals surface area contributed by atoms with Crippen molar-refractivity contribution in [2.75, 3.05) is 46.4 Å². The molecule has 1 saturated carbocycles. The molecule has 0 aromatic heterocycles. The molecule has 4 heteroatoms.